The Bertz CT molecular complexity index is 233. The lowest BCUT2D eigenvalue weighted by molar-refractivity contribution is -0.209. The molecule has 0 aromatic carbocycles. The molecular formula is C10H14O5. The lowest BCUT2D eigenvalue weighted by Crippen LogP contribution is -2.26. The van der Waals surface area contributed by atoms with Crippen molar-refractivity contribution in [3.8, 4) is 0 Å². The quantitative estimate of drug-likeness (QED) is 0.377. The van der Waals surface area contributed by atoms with E-state index >= 15 is 0 Å². The van der Waals surface area contributed by atoms with Crippen LogP contribution in [0.25, 0.3) is 0 Å². The van der Waals surface area contributed by atoms with Crippen LogP contribution in [0.5, 0.6) is 0 Å². The van der Waals surface area contributed by atoms with Crippen molar-refractivity contribution < 1.29 is 23.8 Å². The Kier molecular flexibility index (Phi) is 6.05. The van der Waals surface area contributed by atoms with Gasteiger partial charge in [0.25, 0.3) is 0 Å². The van der Waals surface area contributed by atoms with E-state index in [2.05, 4.69) is 13.2 Å². The molecule has 0 aromatic heterocycles. The van der Waals surface area contributed by atoms with E-state index in [0.717, 1.165) is 0 Å². The zero-order valence-corrected chi connectivity index (χ0v) is 8.76. The van der Waals surface area contributed by atoms with Gasteiger partial charge >= 0.3 is 11.9 Å². The highest BCUT2D eigenvalue weighted by Crippen LogP contribution is 2.05. The standard InChI is InChI=1S/C10H14O5/c1-5-9(13-7(3)11)15-10(6-2)14-8(4)12/h5-6,9-10H,1-2H2,3-4H3. The normalized spacial score (nSPS) is 13.5. The smallest absolute Gasteiger partial charge is 0.305 e. The molecule has 84 valence electrons. The summed E-state index contributed by atoms with van der Waals surface area (Å²) in [7, 11) is 0. The van der Waals surface area contributed by atoms with E-state index in [0.29, 0.717) is 0 Å². The second kappa shape index (κ2) is 6.78. The highest BCUT2D eigenvalue weighted by Gasteiger charge is 2.15. The molecule has 0 rings (SSSR count). The molecule has 0 aliphatic heterocycles. The Morgan fingerprint density at radius 1 is 1.00 bits per heavy atom. The number of carbonyl (C=O) groups excluding carboxylic acids is 2. The molecule has 0 spiro atoms. The van der Waals surface area contributed by atoms with Gasteiger partial charge in [0.2, 0.25) is 12.6 Å². The predicted molar refractivity (Wildman–Crippen MR) is 52.6 cm³/mol. The minimum Gasteiger partial charge on any atom is -0.432 e. The predicted octanol–water partition coefficient (Wildman–Crippen LogP) is 1.15. The van der Waals surface area contributed by atoms with Crippen molar-refractivity contribution in [1.29, 1.82) is 0 Å². The van der Waals surface area contributed by atoms with Gasteiger partial charge in [0.15, 0.2) is 0 Å². The molecule has 5 nitrogen and oxygen atoms in total. The maximum absolute atomic E-state index is 10.6. The number of rotatable bonds is 6. The van der Waals surface area contributed by atoms with E-state index in [4.69, 9.17) is 14.2 Å². The van der Waals surface area contributed by atoms with E-state index in [1.807, 2.05) is 0 Å². The fourth-order valence-corrected chi connectivity index (χ4v) is 0.722. The van der Waals surface area contributed by atoms with Crippen molar-refractivity contribution in [1.82, 2.24) is 0 Å². The first-order valence-corrected chi connectivity index (χ1v) is 4.24. The average Bonchev–Trinajstić information content (AvgIpc) is 2.14. The summed E-state index contributed by atoms with van der Waals surface area (Å²) in [6.45, 7) is 9.27. The second-order valence-electron chi connectivity index (χ2n) is 2.56. The fraction of sp³-hybridized carbons (Fsp3) is 0.400. The molecule has 15 heavy (non-hydrogen) atoms. The van der Waals surface area contributed by atoms with Gasteiger partial charge in [-0.25, -0.2) is 0 Å². The Morgan fingerprint density at radius 2 is 1.33 bits per heavy atom. The molecule has 0 N–H and O–H groups in total. The van der Waals surface area contributed by atoms with Crippen molar-refractivity contribution in [2.75, 3.05) is 0 Å². The first-order valence-electron chi connectivity index (χ1n) is 4.24. The van der Waals surface area contributed by atoms with Crippen molar-refractivity contribution >= 4 is 11.9 Å². The van der Waals surface area contributed by atoms with Gasteiger partial charge < -0.3 is 9.47 Å². The maximum atomic E-state index is 10.6. The number of hydrogen-bond acceptors (Lipinski definition) is 5. The Morgan fingerprint density at radius 3 is 1.53 bits per heavy atom. The molecular weight excluding hydrogens is 200 g/mol. The van der Waals surface area contributed by atoms with Crippen LogP contribution in [0.15, 0.2) is 25.3 Å². The van der Waals surface area contributed by atoms with Crippen LogP contribution in [0, 0.1) is 0 Å². The summed E-state index contributed by atoms with van der Waals surface area (Å²) in [5.41, 5.74) is 0. The average molecular weight is 214 g/mol. The Balaban J connectivity index is 4.22. The fourth-order valence-electron chi connectivity index (χ4n) is 0.722. The Labute approximate surface area is 88.3 Å². The third-order valence-electron chi connectivity index (χ3n) is 1.22. The minimum absolute atomic E-state index is 0.523. The van der Waals surface area contributed by atoms with Crippen molar-refractivity contribution in [3.05, 3.63) is 25.3 Å². The van der Waals surface area contributed by atoms with Crippen LogP contribution in [0.3, 0.4) is 0 Å². The summed E-state index contributed by atoms with van der Waals surface area (Å²) in [6, 6.07) is 0. The van der Waals surface area contributed by atoms with Gasteiger partial charge in [0, 0.05) is 13.8 Å². The molecule has 0 saturated carbocycles. The molecule has 0 bridgehead atoms. The minimum atomic E-state index is -0.968. The van der Waals surface area contributed by atoms with Crippen LogP contribution in [0.2, 0.25) is 0 Å². The van der Waals surface area contributed by atoms with Gasteiger partial charge in [-0.05, 0) is 12.2 Å². The highest BCUT2D eigenvalue weighted by molar-refractivity contribution is 5.66. The van der Waals surface area contributed by atoms with Gasteiger partial charge in [-0.1, -0.05) is 13.2 Å². The number of hydrogen-bond donors (Lipinski definition) is 0. The zero-order chi connectivity index (χ0) is 11.8. The molecule has 0 heterocycles. The molecule has 0 aliphatic rings. The van der Waals surface area contributed by atoms with E-state index in [1.54, 1.807) is 0 Å². The molecule has 5 heteroatoms. The monoisotopic (exact) mass is 214 g/mol. The second-order valence-corrected chi connectivity index (χ2v) is 2.56. The number of esters is 2. The molecule has 0 aliphatic carbocycles. The van der Waals surface area contributed by atoms with Gasteiger partial charge in [-0.15, -0.1) is 0 Å². The zero-order valence-electron chi connectivity index (χ0n) is 8.76. The molecule has 0 saturated heterocycles. The maximum Gasteiger partial charge on any atom is 0.305 e. The summed E-state index contributed by atoms with van der Waals surface area (Å²) >= 11 is 0. The SMILES string of the molecule is C=CC(OC(C)=O)OC(C=C)OC(C)=O. The van der Waals surface area contributed by atoms with Gasteiger partial charge in [0.05, 0.1) is 0 Å². The number of carbonyl (C=O) groups is 2. The van der Waals surface area contributed by atoms with E-state index in [1.165, 1.54) is 26.0 Å². The van der Waals surface area contributed by atoms with Crippen LogP contribution < -0.4 is 0 Å². The van der Waals surface area contributed by atoms with Crippen LogP contribution in [0.4, 0.5) is 0 Å². The lowest BCUT2D eigenvalue weighted by atomic mass is 10.5. The van der Waals surface area contributed by atoms with Crippen molar-refractivity contribution in [3.63, 3.8) is 0 Å². The highest BCUT2D eigenvalue weighted by atomic mass is 16.8. The lowest BCUT2D eigenvalue weighted by Gasteiger charge is -2.19. The molecule has 0 radical (unpaired) electrons. The van der Waals surface area contributed by atoms with Gasteiger partial charge in [-0.3, -0.25) is 14.3 Å². The first kappa shape index (κ1) is 13.4. The third kappa shape index (κ3) is 6.45. The van der Waals surface area contributed by atoms with Crippen LogP contribution in [-0.4, -0.2) is 24.5 Å². The topological polar surface area (TPSA) is 61.8 Å². The van der Waals surface area contributed by atoms with E-state index in [-0.39, 0.29) is 0 Å². The molecule has 2 atom stereocenters. The molecule has 2 unspecified atom stereocenters. The van der Waals surface area contributed by atoms with Gasteiger partial charge in [-0.2, -0.15) is 0 Å². The van der Waals surface area contributed by atoms with E-state index < -0.39 is 24.5 Å². The number of ether oxygens (including phenoxy) is 3. The first-order chi connectivity index (χ1) is 6.99. The van der Waals surface area contributed by atoms with Crippen LogP contribution >= 0.6 is 0 Å². The van der Waals surface area contributed by atoms with E-state index in [9.17, 15) is 9.59 Å². The molecule has 0 fully saturated rings. The van der Waals surface area contributed by atoms with Crippen LogP contribution in [0.1, 0.15) is 13.8 Å². The van der Waals surface area contributed by atoms with Crippen molar-refractivity contribution in [2.45, 2.75) is 26.4 Å². The van der Waals surface area contributed by atoms with Crippen molar-refractivity contribution in [2.24, 2.45) is 0 Å². The summed E-state index contributed by atoms with van der Waals surface area (Å²) in [4.78, 5) is 21.2. The summed E-state index contributed by atoms with van der Waals surface area (Å²) < 4.78 is 14.4. The van der Waals surface area contributed by atoms with Gasteiger partial charge in [0.1, 0.15) is 0 Å². The van der Waals surface area contributed by atoms with Crippen LogP contribution in [-0.2, 0) is 23.8 Å². The molecule has 0 amide bonds. The molecule has 0 aromatic rings. The summed E-state index contributed by atoms with van der Waals surface area (Å²) in [6.07, 6.45) is 0.595. The third-order valence-corrected chi connectivity index (χ3v) is 1.22. The summed E-state index contributed by atoms with van der Waals surface area (Å²) in [5.74, 6) is -1.05. The largest absolute Gasteiger partial charge is 0.432 e. The summed E-state index contributed by atoms with van der Waals surface area (Å²) in [5, 5.41) is 0. The Hall–Kier alpha value is -1.62.